The van der Waals surface area contributed by atoms with Crippen LogP contribution in [0.3, 0.4) is 0 Å². The summed E-state index contributed by atoms with van der Waals surface area (Å²) in [6.07, 6.45) is -3.58. The number of rotatable bonds is 2. The minimum atomic E-state index is -4.18. The van der Waals surface area contributed by atoms with Crippen molar-refractivity contribution in [2.24, 2.45) is 17.8 Å². The third-order valence-corrected chi connectivity index (χ3v) is 4.11. The number of carbonyl (C=O) groups is 1. The summed E-state index contributed by atoms with van der Waals surface area (Å²) in [7, 11) is 0. The number of alkyl halides is 3. The molecule has 1 N–H and O–H groups in total. The number of likely N-dealkylation sites (tertiary alicyclic amines) is 1. The average molecular weight is 264 g/mol. The fourth-order valence-electron chi connectivity index (χ4n) is 2.60. The normalized spacial score (nSPS) is 27.8. The van der Waals surface area contributed by atoms with Gasteiger partial charge in [0.25, 0.3) is 0 Å². The van der Waals surface area contributed by atoms with Crippen molar-refractivity contribution in [3.8, 4) is 0 Å². The zero-order valence-electron chi connectivity index (χ0n) is 10.5. The van der Waals surface area contributed by atoms with Gasteiger partial charge in [0.05, 0.1) is 5.92 Å². The molecule has 18 heavy (non-hydrogen) atoms. The number of hydrogen-bond donors (Lipinski definition) is 1. The van der Waals surface area contributed by atoms with Gasteiger partial charge in [-0.3, -0.25) is 4.79 Å². The number of nitrogens with zero attached hydrogens (tertiary/aromatic N) is 1. The van der Waals surface area contributed by atoms with Crippen molar-refractivity contribution < 1.29 is 18.0 Å². The molecule has 2 unspecified atom stereocenters. The molecule has 2 heterocycles. The van der Waals surface area contributed by atoms with Gasteiger partial charge in [-0.1, -0.05) is 6.92 Å². The molecule has 2 aliphatic heterocycles. The Kier molecular flexibility index (Phi) is 3.84. The quantitative estimate of drug-likeness (QED) is 0.822. The molecule has 6 heteroatoms. The molecular weight excluding hydrogens is 245 g/mol. The molecule has 0 bridgehead atoms. The van der Waals surface area contributed by atoms with Crippen LogP contribution in [-0.2, 0) is 4.79 Å². The Morgan fingerprint density at radius 2 is 2.06 bits per heavy atom. The Balaban J connectivity index is 1.93. The van der Waals surface area contributed by atoms with Crippen LogP contribution in [0.15, 0.2) is 0 Å². The highest BCUT2D eigenvalue weighted by atomic mass is 19.4. The summed E-state index contributed by atoms with van der Waals surface area (Å²) in [4.78, 5) is 13.5. The summed E-state index contributed by atoms with van der Waals surface area (Å²) < 4.78 is 38.0. The maximum Gasteiger partial charge on any atom is 0.393 e. The minimum absolute atomic E-state index is 0.115. The van der Waals surface area contributed by atoms with Gasteiger partial charge in [0, 0.05) is 19.0 Å². The Morgan fingerprint density at radius 3 is 2.56 bits per heavy atom. The van der Waals surface area contributed by atoms with Gasteiger partial charge in [-0.05, 0) is 31.8 Å². The standard InChI is InChI=1S/C12H19F3N2O/c1-8(9-5-16-6-9)11(18)17-4-2-3-10(7-17)12(13,14)15/h8-10,16H,2-7H2,1H3. The summed E-state index contributed by atoms with van der Waals surface area (Å²) in [6, 6.07) is 0. The van der Waals surface area contributed by atoms with E-state index in [4.69, 9.17) is 0 Å². The van der Waals surface area contributed by atoms with E-state index < -0.39 is 12.1 Å². The first-order chi connectivity index (χ1) is 8.39. The maximum atomic E-state index is 12.7. The summed E-state index contributed by atoms with van der Waals surface area (Å²) >= 11 is 0. The number of nitrogens with one attached hydrogen (secondary N) is 1. The summed E-state index contributed by atoms with van der Waals surface area (Å²) in [5, 5.41) is 3.08. The van der Waals surface area contributed by atoms with Crippen LogP contribution in [-0.4, -0.2) is 43.2 Å². The molecular formula is C12H19F3N2O. The zero-order valence-corrected chi connectivity index (χ0v) is 10.5. The lowest BCUT2D eigenvalue weighted by molar-refractivity contribution is -0.189. The van der Waals surface area contributed by atoms with E-state index in [1.807, 2.05) is 6.92 Å². The van der Waals surface area contributed by atoms with Gasteiger partial charge >= 0.3 is 6.18 Å². The highest BCUT2D eigenvalue weighted by Gasteiger charge is 2.43. The zero-order chi connectivity index (χ0) is 13.3. The third-order valence-electron chi connectivity index (χ3n) is 4.11. The highest BCUT2D eigenvalue weighted by Crippen LogP contribution is 2.34. The van der Waals surface area contributed by atoms with Crippen molar-refractivity contribution in [3.05, 3.63) is 0 Å². The molecule has 0 aliphatic carbocycles. The van der Waals surface area contributed by atoms with Crippen molar-refractivity contribution in [2.75, 3.05) is 26.2 Å². The predicted octanol–water partition coefficient (Wildman–Crippen LogP) is 1.64. The smallest absolute Gasteiger partial charge is 0.342 e. The van der Waals surface area contributed by atoms with E-state index in [-0.39, 0.29) is 30.7 Å². The number of piperidine rings is 1. The Morgan fingerprint density at radius 1 is 1.39 bits per heavy atom. The SMILES string of the molecule is CC(C(=O)N1CCCC(C(F)(F)F)C1)C1CNC1. The first-order valence-electron chi connectivity index (χ1n) is 6.46. The molecule has 0 aromatic heterocycles. The van der Waals surface area contributed by atoms with Crippen molar-refractivity contribution in [1.82, 2.24) is 10.2 Å². The molecule has 0 saturated carbocycles. The molecule has 0 aromatic rings. The van der Waals surface area contributed by atoms with Gasteiger partial charge in [-0.15, -0.1) is 0 Å². The average Bonchev–Trinajstić information content (AvgIpc) is 2.24. The van der Waals surface area contributed by atoms with Crippen molar-refractivity contribution >= 4 is 5.91 Å². The number of carbonyl (C=O) groups excluding carboxylic acids is 1. The van der Waals surface area contributed by atoms with Gasteiger partial charge in [-0.2, -0.15) is 13.2 Å². The second kappa shape index (κ2) is 5.07. The highest BCUT2D eigenvalue weighted by molar-refractivity contribution is 5.79. The second-order valence-electron chi connectivity index (χ2n) is 5.37. The molecule has 2 aliphatic rings. The Bertz CT molecular complexity index is 315. The molecule has 3 nitrogen and oxygen atoms in total. The molecule has 0 aromatic carbocycles. The molecule has 2 rings (SSSR count). The third kappa shape index (κ3) is 2.79. The van der Waals surface area contributed by atoms with E-state index >= 15 is 0 Å². The van der Waals surface area contributed by atoms with Crippen LogP contribution < -0.4 is 5.32 Å². The van der Waals surface area contributed by atoms with Gasteiger partial charge in [0.2, 0.25) is 5.91 Å². The fourth-order valence-corrected chi connectivity index (χ4v) is 2.60. The van der Waals surface area contributed by atoms with Crippen LogP contribution in [0, 0.1) is 17.8 Å². The predicted molar refractivity (Wildman–Crippen MR) is 60.9 cm³/mol. The molecule has 2 fully saturated rings. The first-order valence-corrected chi connectivity index (χ1v) is 6.46. The largest absolute Gasteiger partial charge is 0.393 e. The molecule has 104 valence electrons. The van der Waals surface area contributed by atoms with E-state index in [1.54, 1.807) is 0 Å². The van der Waals surface area contributed by atoms with E-state index in [0.29, 0.717) is 13.0 Å². The molecule has 0 radical (unpaired) electrons. The number of hydrogen-bond acceptors (Lipinski definition) is 2. The van der Waals surface area contributed by atoms with Crippen molar-refractivity contribution in [3.63, 3.8) is 0 Å². The van der Waals surface area contributed by atoms with E-state index in [1.165, 1.54) is 4.90 Å². The molecule has 2 atom stereocenters. The van der Waals surface area contributed by atoms with Crippen LogP contribution in [0.2, 0.25) is 0 Å². The fraction of sp³-hybridized carbons (Fsp3) is 0.917. The Hall–Kier alpha value is -0.780. The number of amides is 1. The number of halogens is 3. The molecule has 1 amide bonds. The van der Waals surface area contributed by atoms with Crippen LogP contribution in [0.4, 0.5) is 13.2 Å². The summed E-state index contributed by atoms with van der Waals surface area (Å²) in [6.45, 7) is 3.72. The minimum Gasteiger partial charge on any atom is -0.342 e. The lowest BCUT2D eigenvalue weighted by Crippen LogP contribution is -2.52. The molecule has 2 saturated heterocycles. The topological polar surface area (TPSA) is 32.3 Å². The van der Waals surface area contributed by atoms with E-state index in [2.05, 4.69) is 5.32 Å². The second-order valence-corrected chi connectivity index (χ2v) is 5.37. The van der Waals surface area contributed by atoms with Crippen molar-refractivity contribution in [1.29, 1.82) is 0 Å². The van der Waals surface area contributed by atoms with Crippen LogP contribution >= 0.6 is 0 Å². The van der Waals surface area contributed by atoms with Gasteiger partial charge in [-0.25, -0.2) is 0 Å². The Labute approximate surface area is 105 Å². The summed E-state index contributed by atoms with van der Waals surface area (Å²) in [5.74, 6) is -1.35. The van der Waals surface area contributed by atoms with Crippen molar-refractivity contribution in [2.45, 2.75) is 25.9 Å². The van der Waals surface area contributed by atoms with E-state index in [9.17, 15) is 18.0 Å². The van der Waals surface area contributed by atoms with Gasteiger partial charge in [0.15, 0.2) is 0 Å². The first kappa shape index (κ1) is 13.6. The molecule has 0 spiro atoms. The lowest BCUT2D eigenvalue weighted by atomic mass is 9.87. The van der Waals surface area contributed by atoms with Crippen LogP contribution in [0.25, 0.3) is 0 Å². The monoisotopic (exact) mass is 264 g/mol. The maximum absolute atomic E-state index is 12.7. The van der Waals surface area contributed by atoms with Gasteiger partial charge in [0.1, 0.15) is 0 Å². The van der Waals surface area contributed by atoms with Crippen LogP contribution in [0.1, 0.15) is 19.8 Å². The van der Waals surface area contributed by atoms with Gasteiger partial charge < -0.3 is 10.2 Å². The summed E-state index contributed by atoms with van der Waals surface area (Å²) in [5.41, 5.74) is 0. The lowest BCUT2D eigenvalue weighted by Gasteiger charge is -2.38. The van der Waals surface area contributed by atoms with Crippen LogP contribution in [0.5, 0.6) is 0 Å². The van der Waals surface area contributed by atoms with E-state index in [0.717, 1.165) is 13.1 Å².